The summed E-state index contributed by atoms with van der Waals surface area (Å²) in [5, 5.41) is 9.15. The van der Waals surface area contributed by atoms with Crippen LogP contribution < -0.4 is 5.32 Å². The Morgan fingerprint density at radius 1 is 1.08 bits per heavy atom. The van der Waals surface area contributed by atoms with Gasteiger partial charge in [0.25, 0.3) is 0 Å². The second kappa shape index (κ2) is 7.16. The molecule has 3 aromatic rings. The predicted octanol–water partition coefficient (Wildman–Crippen LogP) is 6.62. The average Bonchev–Trinajstić information content (AvgIpc) is 2.98. The van der Waals surface area contributed by atoms with E-state index in [9.17, 15) is 4.91 Å². The van der Waals surface area contributed by atoms with Gasteiger partial charge in [-0.25, -0.2) is 0 Å². The summed E-state index contributed by atoms with van der Waals surface area (Å²) in [7, 11) is 0. The smallest absolute Gasteiger partial charge is 0.153 e. The van der Waals surface area contributed by atoms with Crippen LogP contribution in [0.15, 0.2) is 59.1 Å². The maximum Gasteiger partial charge on any atom is 0.153 e. The molecule has 0 saturated heterocycles. The summed E-state index contributed by atoms with van der Waals surface area (Å²) in [6.45, 7) is 4.02. The highest BCUT2D eigenvalue weighted by molar-refractivity contribution is 7.10. The van der Waals surface area contributed by atoms with Crippen LogP contribution in [0.25, 0.3) is 0 Å². The minimum absolute atomic E-state index is 0.533. The highest BCUT2D eigenvalue weighted by Gasteiger charge is 2.21. The molecule has 1 heterocycles. The summed E-state index contributed by atoms with van der Waals surface area (Å²) >= 11 is 7.97. The van der Waals surface area contributed by atoms with Gasteiger partial charge >= 0.3 is 0 Å². The quantitative estimate of drug-likeness (QED) is 0.522. The molecule has 0 fully saturated rings. The van der Waals surface area contributed by atoms with Crippen LogP contribution in [0.2, 0.25) is 5.02 Å². The molecule has 0 radical (unpaired) electrons. The molecule has 0 spiro atoms. The number of nitroso groups, excluding NO2 is 1. The van der Waals surface area contributed by atoms with Gasteiger partial charge in [0.2, 0.25) is 0 Å². The van der Waals surface area contributed by atoms with Crippen molar-refractivity contribution in [1.29, 1.82) is 0 Å². The number of rotatable bonds is 5. The fraction of sp³-hybridized carbons (Fsp3) is 0.158. The first-order valence-electron chi connectivity index (χ1n) is 7.58. The van der Waals surface area contributed by atoms with Crippen molar-refractivity contribution in [3.63, 3.8) is 0 Å². The van der Waals surface area contributed by atoms with Crippen LogP contribution >= 0.6 is 22.9 Å². The van der Waals surface area contributed by atoms with Crippen molar-refractivity contribution >= 4 is 34.3 Å². The zero-order valence-corrected chi connectivity index (χ0v) is 15.0. The van der Waals surface area contributed by atoms with Gasteiger partial charge in [0.15, 0.2) is 6.04 Å². The first kappa shape index (κ1) is 16.7. The molecular formula is C19H17ClN2OS. The third kappa shape index (κ3) is 3.35. The normalized spacial score (nSPS) is 12.0. The number of nitrogens with one attached hydrogen (secondary N) is 1. The molecule has 0 aliphatic carbocycles. The van der Waals surface area contributed by atoms with Crippen molar-refractivity contribution < 1.29 is 0 Å². The van der Waals surface area contributed by atoms with Crippen molar-refractivity contribution in [2.24, 2.45) is 5.18 Å². The van der Waals surface area contributed by atoms with E-state index in [4.69, 9.17) is 11.6 Å². The van der Waals surface area contributed by atoms with Gasteiger partial charge in [0.05, 0.1) is 0 Å². The molecule has 1 atom stereocenters. The molecule has 0 amide bonds. The number of hydrogen-bond donors (Lipinski definition) is 1. The first-order chi connectivity index (χ1) is 11.6. The molecule has 5 heteroatoms. The minimum atomic E-state index is -0.565. The lowest BCUT2D eigenvalue weighted by Crippen LogP contribution is -1.99. The highest BCUT2D eigenvalue weighted by atomic mass is 35.5. The van der Waals surface area contributed by atoms with Crippen molar-refractivity contribution in [2.75, 3.05) is 5.32 Å². The van der Waals surface area contributed by atoms with E-state index in [-0.39, 0.29) is 0 Å². The number of halogens is 1. The largest absolute Gasteiger partial charge is 0.355 e. The van der Waals surface area contributed by atoms with Crippen LogP contribution in [0, 0.1) is 18.8 Å². The van der Waals surface area contributed by atoms with E-state index >= 15 is 0 Å². The summed E-state index contributed by atoms with van der Waals surface area (Å²) in [5.74, 6) is 0. The Morgan fingerprint density at radius 3 is 2.50 bits per heavy atom. The predicted molar refractivity (Wildman–Crippen MR) is 103 cm³/mol. The Balaban J connectivity index is 1.91. The summed E-state index contributed by atoms with van der Waals surface area (Å²) in [4.78, 5) is 12.3. The Hall–Kier alpha value is -2.17. The average molecular weight is 357 g/mol. The van der Waals surface area contributed by atoms with Gasteiger partial charge in [-0.3, -0.25) is 0 Å². The van der Waals surface area contributed by atoms with Gasteiger partial charge in [-0.1, -0.05) is 41.0 Å². The van der Waals surface area contributed by atoms with E-state index in [1.54, 1.807) is 0 Å². The number of aryl methyl sites for hydroxylation is 2. The standard InChI is InChI=1S/C19H17ClN2OS/c1-12-5-3-4-6-17(12)21-14-7-8-15(16(20)11-14)18(22-23)19-13(2)9-10-24-19/h3-11,18,21H,1-2H3. The van der Waals surface area contributed by atoms with E-state index in [1.165, 1.54) is 11.3 Å². The molecule has 1 aromatic heterocycles. The summed E-state index contributed by atoms with van der Waals surface area (Å²) in [5.41, 5.74) is 4.85. The number of nitrogens with zero attached hydrogens (tertiary/aromatic N) is 1. The van der Waals surface area contributed by atoms with Crippen LogP contribution in [0.5, 0.6) is 0 Å². The van der Waals surface area contributed by atoms with E-state index in [0.29, 0.717) is 5.02 Å². The molecule has 1 unspecified atom stereocenters. The minimum Gasteiger partial charge on any atom is -0.355 e. The molecule has 0 bridgehead atoms. The molecule has 3 nitrogen and oxygen atoms in total. The van der Waals surface area contributed by atoms with Gasteiger partial charge in [-0.2, -0.15) is 0 Å². The maximum atomic E-state index is 11.4. The van der Waals surface area contributed by atoms with Gasteiger partial charge in [-0.15, -0.1) is 16.2 Å². The Kier molecular flexibility index (Phi) is 4.97. The maximum absolute atomic E-state index is 11.4. The molecule has 2 aromatic carbocycles. The number of para-hydroxylation sites is 1. The van der Waals surface area contributed by atoms with E-state index in [0.717, 1.165) is 32.9 Å². The van der Waals surface area contributed by atoms with Crippen molar-refractivity contribution in [2.45, 2.75) is 19.9 Å². The van der Waals surface area contributed by atoms with Crippen LogP contribution in [-0.4, -0.2) is 0 Å². The fourth-order valence-corrected chi connectivity index (χ4v) is 3.86. The van der Waals surface area contributed by atoms with Gasteiger partial charge in [0, 0.05) is 26.8 Å². The Bertz CT molecular complexity index is 875. The van der Waals surface area contributed by atoms with Gasteiger partial charge in [0.1, 0.15) is 0 Å². The third-order valence-electron chi connectivity index (χ3n) is 3.97. The number of benzene rings is 2. The molecular weight excluding hydrogens is 340 g/mol. The zero-order chi connectivity index (χ0) is 17.1. The van der Waals surface area contributed by atoms with Crippen LogP contribution in [0.1, 0.15) is 27.6 Å². The van der Waals surface area contributed by atoms with Crippen LogP contribution in [0.4, 0.5) is 11.4 Å². The van der Waals surface area contributed by atoms with Crippen LogP contribution in [-0.2, 0) is 0 Å². The van der Waals surface area contributed by atoms with E-state index in [1.807, 2.05) is 67.8 Å². The molecule has 3 rings (SSSR count). The lowest BCUT2D eigenvalue weighted by Gasteiger charge is -2.14. The van der Waals surface area contributed by atoms with Crippen molar-refractivity contribution in [1.82, 2.24) is 0 Å². The van der Waals surface area contributed by atoms with E-state index in [2.05, 4.69) is 10.5 Å². The Morgan fingerprint density at radius 2 is 1.88 bits per heavy atom. The van der Waals surface area contributed by atoms with Gasteiger partial charge < -0.3 is 5.32 Å². The second-order valence-electron chi connectivity index (χ2n) is 5.65. The number of thiophene rings is 1. The molecule has 0 saturated carbocycles. The molecule has 122 valence electrons. The lowest BCUT2D eigenvalue weighted by molar-refractivity contribution is 0.877. The number of hydrogen-bond acceptors (Lipinski definition) is 4. The van der Waals surface area contributed by atoms with E-state index < -0.39 is 6.04 Å². The van der Waals surface area contributed by atoms with Crippen molar-refractivity contribution in [3.05, 3.63) is 85.4 Å². The van der Waals surface area contributed by atoms with Crippen molar-refractivity contribution in [3.8, 4) is 0 Å². The van der Waals surface area contributed by atoms with Crippen LogP contribution in [0.3, 0.4) is 0 Å². The molecule has 0 aliphatic heterocycles. The summed E-state index contributed by atoms with van der Waals surface area (Å²) in [6, 6.07) is 15.1. The second-order valence-corrected chi connectivity index (χ2v) is 7.01. The lowest BCUT2D eigenvalue weighted by atomic mass is 10.0. The summed E-state index contributed by atoms with van der Waals surface area (Å²) < 4.78 is 0. The summed E-state index contributed by atoms with van der Waals surface area (Å²) in [6.07, 6.45) is 0. The molecule has 0 aliphatic rings. The van der Waals surface area contributed by atoms with Gasteiger partial charge in [-0.05, 0) is 54.6 Å². The third-order valence-corrected chi connectivity index (χ3v) is 5.37. The topological polar surface area (TPSA) is 41.5 Å². The zero-order valence-electron chi connectivity index (χ0n) is 13.4. The molecule has 24 heavy (non-hydrogen) atoms. The first-order valence-corrected chi connectivity index (χ1v) is 8.84. The monoisotopic (exact) mass is 356 g/mol. The Labute approximate surface area is 150 Å². The SMILES string of the molecule is Cc1ccccc1Nc1ccc(C(N=O)c2sccc2C)c(Cl)c1. The number of anilines is 2. The molecule has 1 N–H and O–H groups in total. The fourth-order valence-electron chi connectivity index (χ4n) is 2.61. The highest BCUT2D eigenvalue weighted by Crippen LogP contribution is 2.37.